The first-order valence-electron chi connectivity index (χ1n) is 7.50. The van der Waals surface area contributed by atoms with E-state index in [1.54, 1.807) is 7.11 Å². The van der Waals surface area contributed by atoms with E-state index in [-0.39, 0.29) is 12.1 Å². The lowest BCUT2D eigenvalue weighted by Crippen LogP contribution is -2.45. The smallest absolute Gasteiger partial charge is 0.125 e. The summed E-state index contributed by atoms with van der Waals surface area (Å²) in [5.41, 5.74) is 8.46. The Labute approximate surface area is 120 Å². The number of rotatable bonds is 3. The van der Waals surface area contributed by atoms with Gasteiger partial charge in [-0.05, 0) is 44.7 Å². The van der Waals surface area contributed by atoms with Gasteiger partial charge in [0.15, 0.2) is 0 Å². The Balaban J connectivity index is 2.02. The van der Waals surface area contributed by atoms with Crippen LogP contribution in [0.25, 0.3) is 0 Å². The lowest BCUT2D eigenvalue weighted by Gasteiger charge is -2.40. The molecule has 3 N–H and O–H groups in total. The summed E-state index contributed by atoms with van der Waals surface area (Å²) in [7, 11) is 1.69. The van der Waals surface area contributed by atoms with Crippen molar-refractivity contribution in [1.29, 1.82) is 0 Å². The van der Waals surface area contributed by atoms with Crippen LogP contribution in [-0.2, 0) is 0 Å². The molecule has 0 spiro atoms. The molecular weight excluding hydrogens is 252 g/mol. The maximum Gasteiger partial charge on any atom is 0.125 e. The van der Waals surface area contributed by atoms with Gasteiger partial charge in [-0.1, -0.05) is 6.07 Å². The maximum absolute atomic E-state index is 9.96. The molecule has 2 saturated heterocycles. The van der Waals surface area contributed by atoms with E-state index in [0.717, 1.165) is 37.0 Å². The first-order chi connectivity index (χ1) is 9.61. The van der Waals surface area contributed by atoms with Crippen LogP contribution in [0.4, 0.5) is 5.69 Å². The fourth-order valence-corrected chi connectivity index (χ4v) is 3.93. The second-order valence-electron chi connectivity index (χ2n) is 6.10. The molecule has 2 unspecified atom stereocenters. The van der Waals surface area contributed by atoms with Gasteiger partial charge in [-0.2, -0.15) is 0 Å². The third kappa shape index (κ3) is 2.17. The van der Waals surface area contributed by atoms with Crippen LogP contribution in [-0.4, -0.2) is 30.4 Å². The molecule has 1 aromatic rings. The molecule has 2 fully saturated rings. The van der Waals surface area contributed by atoms with E-state index in [2.05, 4.69) is 11.0 Å². The molecule has 0 saturated carbocycles. The van der Waals surface area contributed by atoms with Crippen molar-refractivity contribution < 1.29 is 9.84 Å². The number of methoxy groups -OCH3 is 1. The van der Waals surface area contributed by atoms with Crippen LogP contribution in [0.3, 0.4) is 0 Å². The molecule has 20 heavy (non-hydrogen) atoms. The molecular formula is C16H24N2O2. The number of aliphatic hydroxyl groups excluding tert-OH is 1. The number of ether oxygens (including phenoxy) is 1. The molecule has 2 aliphatic heterocycles. The van der Waals surface area contributed by atoms with Gasteiger partial charge in [-0.25, -0.2) is 0 Å². The average molecular weight is 276 g/mol. The van der Waals surface area contributed by atoms with Gasteiger partial charge < -0.3 is 20.5 Å². The number of hydrogen-bond acceptors (Lipinski definition) is 4. The highest BCUT2D eigenvalue weighted by molar-refractivity contribution is 5.63. The minimum atomic E-state index is -0.145. The van der Waals surface area contributed by atoms with Crippen molar-refractivity contribution in [1.82, 2.24) is 0 Å². The van der Waals surface area contributed by atoms with Crippen LogP contribution in [0.1, 0.15) is 44.2 Å². The molecule has 0 amide bonds. The van der Waals surface area contributed by atoms with Crippen molar-refractivity contribution in [2.24, 2.45) is 5.73 Å². The minimum Gasteiger partial charge on any atom is -0.496 e. The van der Waals surface area contributed by atoms with Gasteiger partial charge in [0, 0.05) is 29.4 Å². The van der Waals surface area contributed by atoms with Gasteiger partial charge in [0.2, 0.25) is 0 Å². The van der Waals surface area contributed by atoms with Crippen LogP contribution >= 0.6 is 0 Å². The van der Waals surface area contributed by atoms with Crippen molar-refractivity contribution >= 4 is 5.69 Å². The van der Waals surface area contributed by atoms with Crippen LogP contribution in [0, 0.1) is 0 Å². The van der Waals surface area contributed by atoms with E-state index in [0.29, 0.717) is 12.1 Å². The number of benzene rings is 1. The van der Waals surface area contributed by atoms with E-state index in [9.17, 15) is 5.11 Å². The van der Waals surface area contributed by atoms with Crippen molar-refractivity contribution in [2.45, 2.75) is 56.8 Å². The molecule has 0 aromatic heterocycles. The first-order valence-corrected chi connectivity index (χ1v) is 7.50. The maximum atomic E-state index is 9.96. The molecule has 110 valence electrons. The van der Waals surface area contributed by atoms with Gasteiger partial charge >= 0.3 is 0 Å². The summed E-state index contributed by atoms with van der Waals surface area (Å²) in [6.07, 6.45) is 3.92. The molecule has 3 atom stereocenters. The van der Waals surface area contributed by atoms with Gasteiger partial charge in [0.05, 0.1) is 13.2 Å². The number of nitrogens with two attached hydrogens (primary N) is 1. The molecule has 3 rings (SSSR count). The van der Waals surface area contributed by atoms with Gasteiger partial charge in [0.25, 0.3) is 0 Å². The minimum absolute atomic E-state index is 0.0626. The first kappa shape index (κ1) is 13.7. The normalized spacial score (nSPS) is 30.4. The predicted molar refractivity (Wildman–Crippen MR) is 80.1 cm³/mol. The summed E-state index contributed by atoms with van der Waals surface area (Å²) < 4.78 is 5.49. The lowest BCUT2D eigenvalue weighted by atomic mass is 9.96. The van der Waals surface area contributed by atoms with Gasteiger partial charge in [-0.3, -0.25) is 0 Å². The SMILES string of the molecule is COc1cccc(N2C3CCC2CC(O)C3)c1[C@H](C)N. The molecule has 0 aliphatic carbocycles. The Kier molecular flexibility index (Phi) is 3.61. The van der Waals surface area contributed by atoms with Crippen molar-refractivity contribution in [3.63, 3.8) is 0 Å². The van der Waals surface area contributed by atoms with E-state index in [1.165, 1.54) is 5.69 Å². The van der Waals surface area contributed by atoms with Crippen molar-refractivity contribution in [3.8, 4) is 5.75 Å². The molecule has 4 heteroatoms. The highest BCUT2D eigenvalue weighted by atomic mass is 16.5. The third-order valence-corrected chi connectivity index (χ3v) is 4.70. The van der Waals surface area contributed by atoms with E-state index in [1.807, 2.05) is 19.1 Å². The topological polar surface area (TPSA) is 58.7 Å². The standard InChI is InChI=1S/C16H24N2O2/c1-10(17)16-14(4-3-5-15(16)20-2)18-11-6-7-12(18)9-13(19)8-11/h3-5,10-13,19H,6-9,17H2,1-2H3/t10-,11?,12?,13?/m0/s1. The summed E-state index contributed by atoms with van der Waals surface area (Å²) in [5, 5.41) is 9.96. The second-order valence-corrected chi connectivity index (χ2v) is 6.10. The highest BCUT2D eigenvalue weighted by Crippen LogP contribution is 2.43. The Morgan fingerprint density at radius 1 is 1.30 bits per heavy atom. The molecule has 2 bridgehead atoms. The summed E-state index contributed by atoms with van der Waals surface area (Å²) in [5.74, 6) is 0.864. The van der Waals surface area contributed by atoms with E-state index >= 15 is 0 Å². The second kappa shape index (κ2) is 5.26. The van der Waals surface area contributed by atoms with E-state index in [4.69, 9.17) is 10.5 Å². The number of nitrogens with zero attached hydrogens (tertiary/aromatic N) is 1. The Bertz CT molecular complexity index is 475. The number of anilines is 1. The Hall–Kier alpha value is -1.26. The fraction of sp³-hybridized carbons (Fsp3) is 0.625. The zero-order chi connectivity index (χ0) is 14.3. The number of fused-ring (bicyclic) bond motifs is 2. The van der Waals surface area contributed by atoms with Crippen LogP contribution in [0.5, 0.6) is 5.75 Å². The third-order valence-electron chi connectivity index (χ3n) is 4.70. The van der Waals surface area contributed by atoms with E-state index < -0.39 is 0 Å². The van der Waals surface area contributed by atoms with Gasteiger partial charge in [-0.15, -0.1) is 0 Å². The molecule has 2 aliphatic rings. The number of hydrogen-bond donors (Lipinski definition) is 2. The summed E-state index contributed by atoms with van der Waals surface area (Å²) in [4.78, 5) is 2.48. The lowest BCUT2D eigenvalue weighted by molar-refractivity contribution is 0.126. The summed E-state index contributed by atoms with van der Waals surface area (Å²) in [6, 6.07) is 6.96. The summed E-state index contributed by atoms with van der Waals surface area (Å²) in [6.45, 7) is 2.00. The molecule has 1 aromatic carbocycles. The van der Waals surface area contributed by atoms with Crippen molar-refractivity contribution in [2.75, 3.05) is 12.0 Å². The number of piperidine rings is 1. The quantitative estimate of drug-likeness (QED) is 0.888. The predicted octanol–water partition coefficient (Wildman–Crippen LogP) is 2.21. The molecule has 0 radical (unpaired) electrons. The monoisotopic (exact) mass is 276 g/mol. The summed E-state index contributed by atoms with van der Waals surface area (Å²) >= 11 is 0. The Morgan fingerprint density at radius 2 is 1.95 bits per heavy atom. The molecule has 2 heterocycles. The van der Waals surface area contributed by atoms with Gasteiger partial charge in [0.1, 0.15) is 5.75 Å². The zero-order valence-electron chi connectivity index (χ0n) is 12.2. The van der Waals surface area contributed by atoms with Crippen LogP contribution in [0.15, 0.2) is 18.2 Å². The highest BCUT2D eigenvalue weighted by Gasteiger charge is 2.41. The van der Waals surface area contributed by atoms with Crippen LogP contribution in [0.2, 0.25) is 0 Å². The average Bonchev–Trinajstić information content (AvgIpc) is 2.69. The van der Waals surface area contributed by atoms with Crippen LogP contribution < -0.4 is 15.4 Å². The zero-order valence-corrected chi connectivity index (χ0v) is 12.2. The molecule has 4 nitrogen and oxygen atoms in total. The Morgan fingerprint density at radius 3 is 2.50 bits per heavy atom. The van der Waals surface area contributed by atoms with Crippen molar-refractivity contribution in [3.05, 3.63) is 23.8 Å². The largest absolute Gasteiger partial charge is 0.496 e. The fourth-order valence-electron chi connectivity index (χ4n) is 3.93. The number of aliphatic hydroxyl groups is 1.